The highest BCUT2D eigenvalue weighted by Crippen LogP contribution is 2.31. The molecule has 1 aromatic rings. The third-order valence-corrected chi connectivity index (χ3v) is 4.97. The largest absolute Gasteiger partial charge is 0.389 e. The van der Waals surface area contributed by atoms with Crippen LogP contribution < -0.4 is 5.32 Å². The van der Waals surface area contributed by atoms with E-state index in [0.29, 0.717) is 0 Å². The molecule has 1 aliphatic carbocycles. The highest BCUT2D eigenvalue weighted by molar-refractivity contribution is 5.26. The average Bonchev–Trinajstić information content (AvgIpc) is 2.68. The third kappa shape index (κ3) is 3.44. The van der Waals surface area contributed by atoms with Gasteiger partial charge in [-0.25, -0.2) is 0 Å². The van der Waals surface area contributed by atoms with E-state index < -0.39 is 5.60 Å². The topological polar surface area (TPSA) is 37.2 Å². The summed E-state index contributed by atoms with van der Waals surface area (Å²) in [6.07, 6.45) is 4.19. The summed E-state index contributed by atoms with van der Waals surface area (Å²) in [5, 5.41) is 14.0. The summed E-state index contributed by atoms with van der Waals surface area (Å²) in [5.41, 5.74) is 3.55. The van der Waals surface area contributed by atoms with Crippen molar-refractivity contribution in [3.63, 3.8) is 0 Å². The zero-order valence-electron chi connectivity index (χ0n) is 13.5. The van der Waals surface area contributed by atoms with Crippen molar-refractivity contribution in [1.29, 1.82) is 0 Å². The molecule has 0 saturated heterocycles. The second-order valence-electron chi connectivity index (χ2n) is 6.65. The molecule has 0 radical (unpaired) electrons. The van der Waals surface area contributed by atoms with E-state index in [1.54, 1.807) is 0 Å². The Morgan fingerprint density at radius 3 is 2.55 bits per heavy atom. The van der Waals surface area contributed by atoms with Gasteiger partial charge in [0, 0.05) is 31.0 Å². The molecule has 0 aromatic carbocycles. The van der Waals surface area contributed by atoms with Gasteiger partial charge in [-0.05, 0) is 64.0 Å². The minimum Gasteiger partial charge on any atom is -0.389 e. The number of hydrogen-bond acceptors (Lipinski definition) is 2. The smallest absolute Gasteiger partial charge is 0.0771 e. The first-order valence-electron chi connectivity index (χ1n) is 8.04. The fourth-order valence-corrected chi connectivity index (χ4v) is 3.44. The van der Waals surface area contributed by atoms with E-state index >= 15 is 0 Å². The Morgan fingerprint density at radius 2 is 2.00 bits per heavy atom. The van der Waals surface area contributed by atoms with Crippen LogP contribution in [0.4, 0.5) is 0 Å². The maximum Gasteiger partial charge on any atom is 0.0771 e. The highest BCUT2D eigenvalue weighted by atomic mass is 16.3. The molecule has 0 bridgehead atoms. The van der Waals surface area contributed by atoms with Crippen LogP contribution in [0.2, 0.25) is 0 Å². The van der Waals surface area contributed by atoms with Crippen LogP contribution in [0.5, 0.6) is 0 Å². The summed E-state index contributed by atoms with van der Waals surface area (Å²) in [6, 6.07) is 2.26. The van der Waals surface area contributed by atoms with E-state index in [0.717, 1.165) is 51.2 Å². The number of aryl methyl sites for hydroxylation is 1. The predicted molar refractivity (Wildman–Crippen MR) is 83.9 cm³/mol. The van der Waals surface area contributed by atoms with Crippen LogP contribution in [-0.4, -0.2) is 21.8 Å². The number of aromatic nitrogens is 1. The Balaban J connectivity index is 1.87. The van der Waals surface area contributed by atoms with Crippen molar-refractivity contribution in [2.45, 2.75) is 72.1 Å². The quantitative estimate of drug-likeness (QED) is 0.868. The molecule has 1 aliphatic rings. The Labute approximate surface area is 123 Å². The van der Waals surface area contributed by atoms with Crippen molar-refractivity contribution < 1.29 is 5.11 Å². The lowest BCUT2D eigenvalue weighted by Gasteiger charge is -2.35. The first-order chi connectivity index (χ1) is 9.45. The SMILES string of the molecule is CCn1c(C)cc(CNCC2(O)CCC(C)CC2)c1C. The van der Waals surface area contributed by atoms with Gasteiger partial charge in [-0.3, -0.25) is 0 Å². The maximum atomic E-state index is 10.6. The van der Waals surface area contributed by atoms with Crippen molar-refractivity contribution in [2.75, 3.05) is 6.54 Å². The molecule has 1 saturated carbocycles. The molecule has 1 aromatic heterocycles. The Bertz CT molecular complexity index is 442. The zero-order valence-corrected chi connectivity index (χ0v) is 13.5. The molecule has 3 nitrogen and oxygen atoms in total. The van der Waals surface area contributed by atoms with Gasteiger partial charge in [0.1, 0.15) is 0 Å². The maximum absolute atomic E-state index is 10.6. The van der Waals surface area contributed by atoms with E-state index in [1.165, 1.54) is 17.0 Å². The average molecular weight is 278 g/mol. The minimum atomic E-state index is -0.483. The molecule has 114 valence electrons. The van der Waals surface area contributed by atoms with E-state index in [2.05, 4.69) is 43.6 Å². The molecule has 0 aliphatic heterocycles. The van der Waals surface area contributed by atoms with Crippen LogP contribution >= 0.6 is 0 Å². The molecule has 2 N–H and O–H groups in total. The van der Waals surface area contributed by atoms with Crippen molar-refractivity contribution >= 4 is 0 Å². The third-order valence-electron chi connectivity index (χ3n) is 4.97. The van der Waals surface area contributed by atoms with Gasteiger partial charge in [-0.15, -0.1) is 0 Å². The number of aliphatic hydroxyl groups is 1. The van der Waals surface area contributed by atoms with E-state index in [-0.39, 0.29) is 0 Å². The molecular formula is C17H30N2O. The Morgan fingerprint density at radius 1 is 1.35 bits per heavy atom. The number of rotatable bonds is 5. The van der Waals surface area contributed by atoms with Crippen molar-refractivity contribution in [3.8, 4) is 0 Å². The molecule has 20 heavy (non-hydrogen) atoms. The fraction of sp³-hybridized carbons (Fsp3) is 0.765. The van der Waals surface area contributed by atoms with Gasteiger partial charge in [0.2, 0.25) is 0 Å². The van der Waals surface area contributed by atoms with Gasteiger partial charge in [0.25, 0.3) is 0 Å². The Hall–Kier alpha value is -0.800. The molecule has 0 amide bonds. The zero-order chi connectivity index (χ0) is 14.8. The molecule has 1 fully saturated rings. The number of nitrogens with one attached hydrogen (secondary N) is 1. The molecule has 0 unspecified atom stereocenters. The van der Waals surface area contributed by atoms with Gasteiger partial charge >= 0.3 is 0 Å². The lowest BCUT2D eigenvalue weighted by atomic mass is 9.79. The van der Waals surface area contributed by atoms with E-state index in [1.807, 2.05) is 0 Å². The molecular weight excluding hydrogens is 248 g/mol. The van der Waals surface area contributed by atoms with E-state index in [4.69, 9.17) is 0 Å². The van der Waals surface area contributed by atoms with E-state index in [9.17, 15) is 5.11 Å². The second kappa shape index (κ2) is 6.31. The van der Waals surface area contributed by atoms with Gasteiger partial charge in [-0.2, -0.15) is 0 Å². The molecule has 3 heteroatoms. The van der Waals surface area contributed by atoms with Gasteiger partial charge < -0.3 is 15.0 Å². The van der Waals surface area contributed by atoms with Crippen molar-refractivity contribution in [1.82, 2.24) is 9.88 Å². The summed E-state index contributed by atoms with van der Waals surface area (Å²) >= 11 is 0. The summed E-state index contributed by atoms with van der Waals surface area (Å²) < 4.78 is 2.34. The standard InChI is InChI=1S/C17H30N2O/c1-5-19-14(3)10-16(15(19)4)11-18-12-17(20)8-6-13(2)7-9-17/h10,13,18,20H,5-9,11-12H2,1-4H3. The second-order valence-corrected chi connectivity index (χ2v) is 6.65. The monoisotopic (exact) mass is 278 g/mol. The van der Waals surface area contributed by atoms with Crippen LogP contribution in [0, 0.1) is 19.8 Å². The number of hydrogen-bond donors (Lipinski definition) is 2. The normalized spacial score (nSPS) is 26.9. The van der Waals surface area contributed by atoms with Crippen LogP contribution in [0.15, 0.2) is 6.07 Å². The van der Waals surface area contributed by atoms with Crippen LogP contribution in [0.1, 0.15) is 56.5 Å². The van der Waals surface area contributed by atoms with Gasteiger partial charge in [0.05, 0.1) is 5.60 Å². The predicted octanol–water partition coefficient (Wildman–Crippen LogP) is 3.16. The molecule has 0 atom stereocenters. The highest BCUT2D eigenvalue weighted by Gasteiger charge is 2.31. The molecule has 1 heterocycles. The van der Waals surface area contributed by atoms with Crippen molar-refractivity contribution in [2.24, 2.45) is 5.92 Å². The van der Waals surface area contributed by atoms with Crippen molar-refractivity contribution in [3.05, 3.63) is 23.0 Å². The summed E-state index contributed by atoms with van der Waals surface area (Å²) in [4.78, 5) is 0. The van der Waals surface area contributed by atoms with Crippen LogP contribution in [0.25, 0.3) is 0 Å². The van der Waals surface area contributed by atoms with Gasteiger partial charge in [0.15, 0.2) is 0 Å². The molecule has 2 rings (SSSR count). The summed E-state index contributed by atoms with van der Waals surface area (Å²) in [6.45, 7) is 11.4. The Kier molecular flexibility index (Phi) is 4.92. The first-order valence-corrected chi connectivity index (χ1v) is 8.04. The number of nitrogens with zero attached hydrogens (tertiary/aromatic N) is 1. The lowest BCUT2D eigenvalue weighted by Crippen LogP contribution is -2.43. The van der Waals surface area contributed by atoms with Crippen LogP contribution in [-0.2, 0) is 13.1 Å². The first kappa shape index (κ1) is 15.6. The lowest BCUT2D eigenvalue weighted by molar-refractivity contribution is -0.00631. The summed E-state index contributed by atoms with van der Waals surface area (Å²) in [7, 11) is 0. The fourth-order valence-electron chi connectivity index (χ4n) is 3.44. The van der Waals surface area contributed by atoms with Crippen LogP contribution in [0.3, 0.4) is 0 Å². The summed E-state index contributed by atoms with van der Waals surface area (Å²) in [5.74, 6) is 0.777. The minimum absolute atomic E-state index is 0.483. The van der Waals surface area contributed by atoms with Gasteiger partial charge in [-0.1, -0.05) is 6.92 Å². The molecule has 0 spiro atoms.